The van der Waals surface area contributed by atoms with Crippen molar-refractivity contribution in [3.05, 3.63) is 56.8 Å². The third kappa shape index (κ3) is 3.22. The van der Waals surface area contributed by atoms with E-state index in [1.807, 2.05) is 30.5 Å². The predicted octanol–water partition coefficient (Wildman–Crippen LogP) is 4.81. The smallest absolute Gasteiger partial charge is 0.260 e. The first-order chi connectivity index (χ1) is 14.2. The fourth-order valence-corrected chi connectivity index (χ4v) is 6.22. The summed E-state index contributed by atoms with van der Waals surface area (Å²) in [5, 5.41) is 2.25. The Morgan fingerprint density at radius 2 is 2.10 bits per heavy atom. The number of thioether (sulfide) groups is 1. The van der Waals surface area contributed by atoms with Crippen LogP contribution in [0.4, 0.5) is 0 Å². The fourth-order valence-electron chi connectivity index (χ4n) is 4.15. The van der Waals surface area contributed by atoms with Gasteiger partial charge in [0.25, 0.3) is 5.56 Å². The maximum atomic E-state index is 12.9. The predicted molar refractivity (Wildman–Crippen MR) is 120 cm³/mol. The van der Waals surface area contributed by atoms with Gasteiger partial charge in [0.15, 0.2) is 10.9 Å². The van der Waals surface area contributed by atoms with E-state index in [1.165, 1.54) is 28.6 Å². The number of hydrogen-bond donors (Lipinski definition) is 1. The maximum absolute atomic E-state index is 12.9. The molecule has 0 spiro atoms. The highest BCUT2D eigenvalue weighted by Gasteiger charge is 2.20. The summed E-state index contributed by atoms with van der Waals surface area (Å²) in [6.07, 6.45) is 6.25. The number of ketones is 1. The Labute approximate surface area is 176 Å². The highest BCUT2D eigenvalue weighted by atomic mass is 32.2. The van der Waals surface area contributed by atoms with Crippen molar-refractivity contribution in [3.63, 3.8) is 0 Å². The molecule has 4 aromatic rings. The van der Waals surface area contributed by atoms with Crippen LogP contribution < -0.4 is 5.56 Å². The number of carbonyl (C=O) groups excluding carboxylic acids is 1. The molecule has 148 valence electrons. The Bertz CT molecular complexity index is 1300. The second-order valence-corrected chi connectivity index (χ2v) is 9.37. The lowest BCUT2D eigenvalue weighted by Crippen LogP contribution is -2.11. The average Bonchev–Trinajstić information content (AvgIpc) is 3.30. The first kappa shape index (κ1) is 18.6. The number of nitrogens with one attached hydrogen (secondary N) is 1. The van der Waals surface area contributed by atoms with Crippen LogP contribution in [0.1, 0.15) is 40.6 Å². The zero-order chi connectivity index (χ0) is 20.0. The maximum Gasteiger partial charge on any atom is 0.260 e. The van der Waals surface area contributed by atoms with Gasteiger partial charge in [-0.2, -0.15) is 0 Å². The molecule has 0 unspecified atom stereocenters. The minimum absolute atomic E-state index is 0.0478. The van der Waals surface area contributed by atoms with E-state index >= 15 is 0 Å². The number of fused-ring (bicyclic) bond motifs is 4. The summed E-state index contributed by atoms with van der Waals surface area (Å²) >= 11 is 2.94. The van der Waals surface area contributed by atoms with E-state index in [0.717, 1.165) is 52.5 Å². The van der Waals surface area contributed by atoms with Gasteiger partial charge in [-0.05, 0) is 44.2 Å². The molecule has 0 bridgehead atoms. The molecule has 3 heterocycles. The highest BCUT2D eigenvalue weighted by molar-refractivity contribution is 7.99. The molecule has 0 fully saturated rings. The molecule has 0 saturated heterocycles. The number of Topliss-reactive ketones (excluding diaryl/α,β-unsaturated/α-hetero) is 1. The minimum atomic E-state index is -0.0769. The van der Waals surface area contributed by atoms with Crippen LogP contribution in [0.15, 0.2) is 40.4 Å². The lowest BCUT2D eigenvalue weighted by molar-refractivity contribution is 0.102. The molecule has 5 nitrogen and oxygen atoms in total. The van der Waals surface area contributed by atoms with Gasteiger partial charge in [0.05, 0.1) is 11.1 Å². The monoisotopic (exact) mass is 423 g/mol. The number of aryl methyl sites for hydroxylation is 3. The average molecular weight is 424 g/mol. The molecule has 3 aromatic heterocycles. The van der Waals surface area contributed by atoms with Gasteiger partial charge < -0.3 is 9.55 Å². The first-order valence-corrected chi connectivity index (χ1v) is 11.7. The van der Waals surface area contributed by atoms with Crippen molar-refractivity contribution in [3.8, 4) is 0 Å². The number of hydrogen-bond acceptors (Lipinski definition) is 5. The number of benzene rings is 1. The standard InChI is InChI=1S/C22H21N3O2S2/c1-2-25-11-15(13-7-3-5-9-16(13)25)17(26)12-28-22-23-20(27)19-14-8-4-6-10-18(14)29-21(19)24-22/h3,5,7,9,11H,2,4,6,8,10,12H2,1H3,(H,23,24,27). The number of carbonyl (C=O) groups is 1. The van der Waals surface area contributed by atoms with Gasteiger partial charge in [-0.3, -0.25) is 9.59 Å². The normalized spacial score (nSPS) is 13.8. The fraction of sp³-hybridized carbons (Fsp3) is 0.318. The number of aromatic nitrogens is 3. The quantitative estimate of drug-likeness (QED) is 0.284. The molecule has 0 radical (unpaired) electrons. The van der Waals surface area contributed by atoms with Crippen LogP contribution in [-0.4, -0.2) is 26.1 Å². The van der Waals surface area contributed by atoms with E-state index in [2.05, 4.69) is 21.5 Å². The molecule has 1 aliphatic rings. The van der Waals surface area contributed by atoms with Gasteiger partial charge >= 0.3 is 0 Å². The molecule has 0 saturated carbocycles. The van der Waals surface area contributed by atoms with Gasteiger partial charge in [0.1, 0.15) is 4.83 Å². The number of aromatic amines is 1. The molecule has 7 heteroatoms. The number of nitrogens with zero attached hydrogens (tertiary/aromatic N) is 2. The Balaban J connectivity index is 1.42. The SMILES string of the molecule is CCn1cc(C(=O)CSc2nc3sc4c(c3c(=O)[nH]2)CCCC4)c2ccccc21. The topological polar surface area (TPSA) is 67.8 Å². The third-order valence-electron chi connectivity index (χ3n) is 5.57. The van der Waals surface area contributed by atoms with E-state index < -0.39 is 0 Å². The Kier molecular flexibility index (Phi) is 4.80. The van der Waals surface area contributed by atoms with Gasteiger partial charge in [-0.1, -0.05) is 30.0 Å². The van der Waals surface area contributed by atoms with Crippen LogP contribution in [0.5, 0.6) is 0 Å². The Hall–Kier alpha value is -2.38. The summed E-state index contributed by atoms with van der Waals surface area (Å²) < 4.78 is 2.09. The Morgan fingerprint density at radius 3 is 2.97 bits per heavy atom. The van der Waals surface area contributed by atoms with Crippen molar-refractivity contribution in [1.29, 1.82) is 0 Å². The van der Waals surface area contributed by atoms with Crippen molar-refractivity contribution in [2.75, 3.05) is 5.75 Å². The number of H-pyrrole nitrogens is 1. The summed E-state index contributed by atoms with van der Waals surface area (Å²) in [4.78, 5) is 35.2. The Morgan fingerprint density at radius 1 is 1.28 bits per heavy atom. The van der Waals surface area contributed by atoms with E-state index in [-0.39, 0.29) is 17.1 Å². The molecule has 0 amide bonds. The lowest BCUT2D eigenvalue weighted by Gasteiger charge is -2.09. The number of thiophene rings is 1. The molecule has 0 atom stereocenters. The molecular weight excluding hydrogens is 402 g/mol. The summed E-state index contributed by atoms with van der Waals surface area (Å²) in [5.41, 5.74) is 2.90. The second kappa shape index (κ2) is 7.46. The van der Waals surface area contributed by atoms with Gasteiger partial charge in [0, 0.05) is 34.1 Å². The van der Waals surface area contributed by atoms with Crippen LogP contribution in [0.3, 0.4) is 0 Å². The number of rotatable bonds is 5. The molecule has 1 aromatic carbocycles. The molecule has 1 N–H and O–H groups in total. The molecular formula is C22H21N3O2S2. The van der Waals surface area contributed by atoms with E-state index in [0.29, 0.717) is 5.16 Å². The zero-order valence-electron chi connectivity index (χ0n) is 16.2. The first-order valence-electron chi connectivity index (χ1n) is 9.94. The summed E-state index contributed by atoms with van der Waals surface area (Å²) in [6, 6.07) is 7.97. The van der Waals surface area contributed by atoms with Crippen molar-refractivity contribution < 1.29 is 4.79 Å². The van der Waals surface area contributed by atoms with Crippen molar-refractivity contribution in [2.24, 2.45) is 0 Å². The molecule has 1 aliphatic carbocycles. The van der Waals surface area contributed by atoms with E-state index in [9.17, 15) is 9.59 Å². The van der Waals surface area contributed by atoms with Crippen LogP contribution in [0, 0.1) is 0 Å². The minimum Gasteiger partial charge on any atom is -0.347 e. The van der Waals surface area contributed by atoms with E-state index in [1.54, 1.807) is 11.3 Å². The van der Waals surface area contributed by atoms with Crippen molar-refractivity contribution in [1.82, 2.24) is 14.5 Å². The lowest BCUT2D eigenvalue weighted by atomic mass is 9.97. The van der Waals surface area contributed by atoms with E-state index in [4.69, 9.17) is 0 Å². The highest BCUT2D eigenvalue weighted by Crippen LogP contribution is 2.34. The zero-order valence-corrected chi connectivity index (χ0v) is 17.8. The van der Waals surface area contributed by atoms with Crippen molar-refractivity contribution >= 4 is 50.0 Å². The largest absolute Gasteiger partial charge is 0.347 e. The summed E-state index contributed by atoms with van der Waals surface area (Å²) in [5.74, 6) is 0.295. The molecule has 0 aliphatic heterocycles. The van der Waals surface area contributed by atoms with Crippen LogP contribution in [0.25, 0.3) is 21.1 Å². The molecule has 29 heavy (non-hydrogen) atoms. The van der Waals surface area contributed by atoms with Crippen LogP contribution in [0.2, 0.25) is 0 Å². The second-order valence-electron chi connectivity index (χ2n) is 7.32. The molecule has 5 rings (SSSR count). The van der Waals surface area contributed by atoms with Crippen LogP contribution >= 0.6 is 23.1 Å². The summed E-state index contributed by atoms with van der Waals surface area (Å²) in [6.45, 7) is 2.88. The number of para-hydroxylation sites is 1. The summed E-state index contributed by atoms with van der Waals surface area (Å²) in [7, 11) is 0. The third-order valence-corrected chi connectivity index (χ3v) is 7.63. The van der Waals surface area contributed by atoms with Crippen LogP contribution in [-0.2, 0) is 19.4 Å². The van der Waals surface area contributed by atoms with Crippen molar-refractivity contribution in [2.45, 2.75) is 44.3 Å². The van der Waals surface area contributed by atoms with Gasteiger partial charge in [-0.25, -0.2) is 4.98 Å². The van der Waals surface area contributed by atoms with Gasteiger partial charge in [0.2, 0.25) is 0 Å². The van der Waals surface area contributed by atoms with Gasteiger partial charge in [-0.15, -0.1) is 11.3 Å².